The Labute approximate surface area is 125 Å². The molecule has 0 radical (unpaired) electrons. The van der Waals surface area contributed by atoms with Crippen molar-refractivity contribution in [3.63, 3.8) is 0 Å². The predicted octanol–water partition coefficient (Wildman–Crippen LogP) is 2.80. The molecule has 2 aliphatic rings. The molecule has 2 aliphatic carbocycles. The predicted molar refractivity (Wildman–Crippen MR) is 80.9 cm³/mol. The van der Waals surface area contributed by atoms with E-state index in [4.69, 9.17) is 0 Å². The highest BCUT2D eigenvalue weighted by Gasteiger charge is 2.31. The molecule has 1 aromatic rings. The number of tetrazole rings is 1. The molecule has 2 atom stereocenters. The summed E-state index contributed by atoms with van der Waals surface area (Å²) in [5.41, 5.74) is 0. The van der Waals surface area contributed by atoms with Crippen molar-refractivity contribution in [3.8, 4) is 0 Å². The lowest BCUT2D eigenvalue weighted by molar-refractivity contribution is 0.468. The minimum absolute atomic E-state index is 0.570. The number of hydrogen-bond acceptors (Lipinski definition) is 5. The van der Waals surface area contributed by atoms with E-state index < -0.39 is 0 Å². The lowest BCUT2D eigenvalue weighted by Gasteiger charge is -2.25. The van der Waals surface area contributed by atoms with Gasteiger partial charge in [-0.25, -0.2) is 4.68 Å². The zero-order chi connectivity index (χ0) is 13.8. The van der Waals surface area contributed by atoms with Crippen LogP contribution in [0, 0.1) is 0 Å². The third kappa shape index (κ3) is 3.52. The number of aromatic nitrogens is 4. The second-order valence-corrected chi connectivity index (χ2v) is 7.20. The summed E-state index contributed by atoms with van der Waals surface area (Å²) < 4.78 is 2.05. The number of hydrogen-bond donors (Lipinski definition) is 1. The van der Waals surface area contributed by atoms with Crippen molar-refractivity contribution in [2.75, 3.05) is 6.54 Å². The second kappa shape index (κ2) is 6.89. The van der Waals surface area contributed by atoms with Crippen molar-refractivity contribution in [1.29, 1.82) is 0 Å². The van der Waals surface area contributed by atoms with E-state index in [-0.39, 0.29) is 0 Å². The van der Waals surface area contributed by atoms with Gasteiger partial charge in [-0.1, -0.05) is 37.9 Å². The lowest BCUT2D eigenvalue weighted by atomic mass is 10.1. The Kier molecular flexibility index (Phi) is 4.94. The van der Waals surface area contributed by atoms with Crippen LogP contribution in [0.15, 0.2) is 5.16 Å². The maximum absolute atomic E-state index is 4.25. The van der Waals surface area contributed by atoms with Gasteiger partial charge in [0.2, 0.25) is 5.16 Å². The number of nitrogens with one attached hydrogen (secondary N) is 1. The van der Waals surface area contributed by atoms with Crippen molar-refractivity contribution in [2.24, 2.45) is 0 Å². The minimum atomic E-state index is 0.570. The van der Waals surface area contributed by atoms with Crippen LogP contribution >= 0.6 is 11.8 Å². The zero-order valence-corrected chi connectivity index (χ0v) is 13.1. The maximum atomic E-state index is 4.25. The van der Waals surface area contributed by atoms with Gasteiger partial charge in [0.25, 0.3) is 0 Å². The topological polar surface area (TPSA) is 55.6 Å². The van der Waals surface area contributed by atoms with E-state index >= 15 is 0 Å². The molecule has 0 bridgehead atoms. The van der Waals surface area contributed by atoms with E-state index in [1.807, 2.05) is 16.4 Å². The van der Waals surface area contributed by atoms with E-state index in [9.17, 15) is 0 Å². The third-order valence-corrected chi connectivity index (χ3v) is 5.57. The summed E-state index contributed by atoms with van der Waals surface area (Å²) in [6.45, 7) is 3.36. The molecule has 1 N–H and O–H groups in total. The van der Waals surface area contributed by atoms with Crippen LogP contribution in [0.1, 0.15) is 64.3 Å². The molecule has 3 rings (SSSR count). The molecule has 112 valence electrons. The molecular formula is C14H25N5S. The first kappa shape index (κ1) is 14.3. The Morgan fingerprint density at radius 1 is 1.20 bits per heavy atom. The maximum Gasteiger partial charge on any atom is 0.209 e. The van der Waals surface area contributed by atoms with Crippen LogP contribution < -0.4 is 5.32 Å². The number of nitrogens with zero attached hydrogens (tertiary/aromatic N) is 4. The quantitative estimate of drug-likeness (QED) is 0.818. The Bertz CT molecular complexity index is 417. The van der Waals surface area contributed by atoms with Gasteiger partial charge in [0.15, 0.2) is 0 Å². The van der Waals surface area contributed by atoms with Gasteiger partial charge in [0, 0.05) is 11.3 Å². The summed E-state index contributed by atoms with van der Waals surface area (Å²) in [5.74, 6) is 0. The first-order chi connectivity index (χ1) is 9.88. The summed E-state index contributed by atoms with van der Waals surface area (Å²) in [6, 6.07) is 1.19. The van der Waals surface area contributed by atoms with Gasteiger partial charge in [0.1, 0.15) is 0 Å². The highest BCUT2D eigenvalue weighted by molar-refractivity contribution is 7.99. The van der Waals surface area contributed by atoms with Crippen molar-refractivity contribution in [3.05, 3.63) is 0 Å². The van der Waals surface area contributed by atoms with E-state index in [1.165, 1.54) is 51.4 Å². The van der Waals surface area contributed by atoms with Crippen LogP contribution in [0.25, 0.3) is 0 Å². The molecule has 0 saturated heterocycles. The molecule has 1 aromatic heterocycles. The van der Waals surface area contributed by atoms with Gasteiger partial charge in [0.05, 0.1) is 6.04 Å². The Balaban J connectivity index is 1.66. The third-order valence-electron chi connectivity index (χ3n) is 4.22. The van der Waals surface area contributed by atoms with E-state index in [2.05, 4.69) is 27.8 Å². The highest BCUT2D eigenvalue weighted by Crippen LogP contribution is 2.39. The minimum Gasteiger partial charge on any atom is -0.313 e. The van der Waals surface area contributed by atoms with E-state index in [0.717, 1.165) is 11.7 Å². The molecule has 0 amide bonds. The molecule has 20 heavy (non-hydrogen) atoms. The molecule has 0 spiro atoms. The molecule has 2 unspecified atom stereocenters. The van der Waals surface area contributed by atoms with Crippen LogP contribution in [0.2, 0.25) is 0 Å². The number of rotatable bonds is 6. The Hall–Kier alpha value is -0.620. The molecule has 2 saturated carbocycles. The molecule has 0 aliphatic heterocycles. The highest BCUT2D eigenvalue weighted by atomic mass is 32.2. The average Bonchev–Trinajstić information content (AvgIpc) is 3.23. The lowest BCUT2D eigenvalue weighted by Crippen LogP contribution is -2.38. The SMILES string of the molecule is CCCNC1CCCCCC1Sc1nnnn1C1CC1. The fraction of sp³-hybridized carbons (Fsp3) is 0.929. The van der Waals surface area contributed by atoms with Gasteiger partial charge in [-0.2, -0.15) is 0 Å². The summed E-state index contributed by atoms with van der Waals surface area (Å²) in [7, 11) is 0. The van der Waals surface area contributed by atoms with Crippen LogP contribution in [0.3, 0.4) is 0 Å². The molecule has 5 nitrogen and oxygen atoms in total. The monoisotopic (exact) mass is 295 g/mol. The largest absolute Gasteiger partial charge is 0.313 e. The van der Waals surface area contributed by atoms with Crippen LogP contribution in [0.5, 0.6) is 0 Å². The normalized spacial score (nSPS) is 27.4. The fourth-order valence-corrected chi connectivity index (χ4v) is 4.25. The average molecular weight is 295 g/mol. The van der Waals surface area contributed by atoms with Gasteiger partial charge in [-0.05, 0) is 49.1 Å². The van der Waals surface area contributed by atoms with Crippen LogP contribution in [-0.2, 0) is 0 Å². The van der Waals surface area contributed by atoms with Crippen molar-refractivity contribution < 1.29 is 0 Å². The van der Waals surface area contributed by atoms with Gasteiger partial charge >= 0.3 is 0 Å². The van der Waals surface area contributed by atoms with E-state index in [1.54, 1.807) is 0 Å². The fourth-order valence-electron chi connectivity index (χ4n) is 2.92. The van der Waals surface area contributed by atoms with Gasteiger partial charge < -0.3 is 5.32 Å². The summed E-state index contributed by atoms with van der Waals surface area (Å²) in [6.07, 6.45) is 10.3. The first-order valence-corrected chi connectivity index (χ1v) is 8.94. The van der Waals surface area contributed by atoms with Crippen LogP contribution in [0.4, 0.5) is 0 Å². The first-order valence-electron chi connectivity index (χ1n) is 8.06. The second-order valence-electron chi connectivity index (χ2n) is 5.99. The molecule has 0 aromatic carbocycles. The number of thioether (sulfide) groups is 1. The Morgan fingerprint density at radius 2 is 2.05 bits per heavy atom. The zero-order valence-electron chi connectivity index (χ0n) is 12.3. The van der Waals surface area contributed by atoms with Crippen molar-refractivity contribution >= 4 is 11.8 Å². The summed E-state index contributed by atoms with van der Waals surface area (Å²) in [4.78, 5) is 0. The van der Waals surface area contributed by atoms with Gasteiger partial charge in [-0.15, -0.1) is 5.10 Å². The van der Waals surface area contributed by atoms with Crippen molar-refractivity contribution in [2.45, 2.75) is 80.8 Å². The van der Waals surface area contributed by atoms with Gasteiger partial charge in [-0.3, -0.25) is 0 Å². The summed E-state index contributed by atoms with van der Waals surface area (Å²) >= 11 is 1.90. The smallest absolute Gasteiger partial charge is 0.209 e. The standard InChI is InChI=1S/C14H25N5S/c1-2-10-15-12-6-4-3-5-7-13(12)20-14-16-17-18-19(14)11-8-9-11/h11-13,15H,2-10H2,1H3. The van der Waals surface area contributed by atoms with Crippen molar-refractivity contribution in [1.82, 2.24) is 25.5 Å². The molecule has 6 heteroatoms. The molecular weight excluding hydrogens is 270 g/mol. The molecule has 2 fully saturated rings. The van der Waals surface area contributed by atoms with E-state index in [0.29, 0.717) is 17.3 Å². The molecule has 1 heterocycles. The summed E-state index contributed by atoms with van der Waals surface area (Å²) in [5, 5.41) is 17.7. The Morgan fingerprint density at radius 3 is 2.85 bits per heavy atom. The van der Waals surface area contributed by atoms with Crippen LogP contribution in [-0.4, -0.2) is 38.0 Å².